The lowest BCUT2D eigenvalue weighted by molar-refractivity contribution is 0.340. The Bertz CT molecular complexity index is 749. The molecular formula is C17H16FNO2. The Balaban J connectivity index is 1.92. The standard InChI is InChI=1S/C17H16FNO2/c1-2-20-13-8-6-11(7-9-13)16(19)15-10-12-4-3-5-14(18)17(12)21-15/h3-10,16H,2,19H2,1H3. The van der Waals surface area contributed by atoms with Crippen molar-refractivity contribution < 1.29 is 13.5 Å². The van der Waals surface area contributed by atoms with Gasteiger partial charge in [0.25, 0.3) is 0 Å². The number of hydrogen-bond acceptors (Lipinski definition) is 3. The number of benzene rings is 2. The predicted octanol–water partition coefficient (Wildman–Crippen LogP) is 4.02. The third kappa shape index (κ3) is 2.62. The second kappa shape index (κ2) is 5.58. The number of para-hydroxylation sites is 1. The van der Waals surface area contributed by atoms with Crippen LogP contribution in [0, 0.1) is 5.82 Å². The molecule has 2 aromatic carbocycles. The molecule has 0 aliphatic carbocycles. The van der Waals surface area contributed by atoms with E-state index in [1.165, 1.54) is 6.07 Å². The first-order chi connectivity index (χ1) is 10.2. The van der Waals surface area contributed by atoms with E-state index in [2.05, 4.69) is 0 Å². The van der Waals surface area contributed by atoms with Gasteiger partial charge in [-0.2, -0.15) is 0 Å². The highest BCUT2D eigenvalue weighted by Crippen LogP contribution is 2.28. The molecule has 0 aliphatic heterocycles. The van der Waals surface area contributed by atoms with Crippen molar-refractivity contribution in [1.29, 1.82) is 0 Å². The SMILES string of the molecule is CCOc1ccc(C(N)c2cc3cccc(F)c3o2)cc1. The molecule has 0 fully saturated rings. The van der Waals surface area contributed by atoms with Gasteiger partial charge < -0.3 is 14.9 Å². The van der Waals surface area contributed by atoms with Crippen molar-refractivity contribution in [2.45, 2.75) is 13.0 Å². The average Bonchev–Trinajstić information content (AvgIpc) is 2.93. The minimum absolute atomic E-state index is 0.244. The first kappa shape index (κ1) is 13.6. The first-order valence-electron chi connectivity index (χ1n) is 6.85. The van der Waals surface area contributed by atoms with Crippen molar-refractivity contribution in [1.82, 2.24) is 0 Å². The fraction of sp³-hybridized carbons (Fsp3) is 0.176. The van der Waals surface area contributed by atoms with E-state index in [9.17, 15) is 4.39 Å². The van der Waals surface area contributed by atoms with E-state index in [0.29, 0.717) is 17.8 Å². The molecule has 1 aromatic heterocycles. The summed E-state index contributed by atoms with van der Waals surface area (Å²) in [6.07, 6.45) is 0. The summed E-state index contributed by atoms with van der Waals surface area (Å²) >= 11 is 0. The van der Waals surface area contributed by atoms with Crippen molar-refractivity contribution in [3.05, 3.63) is 65.7 Å². The van der Waals surface area contributed by atoms with Crippen LogP contribution in [0.2, 0.25) is 0 Å². The summed E-state index contributed by atoms with van der Waals surface area (Å²) in [5.74, 6) is 0.959. The number of furan rings is 1. The molecule has 21 heavy (non-hydrogen) atoms. The molecule has 1 unspecified atom stereocenters. The van der Waals surface area contributed by atoms with Gasteiger partial charge in [0.1, 0.15) is 11.5 Å². The Hall–Kier alpha value is -2.33. The Morgan fingerprint density at radius 1 is 1.19 bits per heavy atom. The van der Waals surface area contributed by atoms with Gasteiger partial charge in [0.15, 0.2) is 11.4 Å². The van der Waals surface area contributed by atoms with Gasteiger partial charge in [0.05, 0.1) is 12.6 Å². The second-order valence-corrected chi connectivity index (χ2v) is 4.79. The quantitative estimate of drug-likeness (QED) is 0.787. The van der Waals surface area contributed by atoms with Gasteiger partial charge in [0.2, 0.25) is 0 Å². The molecule has 0 amide bonds. The molecule has 3 rings (SSSR count). The highest BCUT2D eigenvalue weighted by atomic mass is 19.1. The van der Waals surface area contributed by atoms with Crippen LogP contribution in [0.25, 0.3) is 11.0 Å². The highest BCUT2D eigenvalue weighted by Gasteiger charge is 2.16. The normalized spacial score (nSPS) is 12.5. The number of fused-ring (bicyclic) bond motifs is 1. The fourth-order valence-corrected chi connectivity index (χ4v) is 2.30. The van der Waals surface area contributed by atoms with E-state index in [1.54, 1.807) is 18.2 Å². The summed E-state index contributed by atoms with van der Waals surface area (Å²) in [5.41, 5.74) is 7.33. The molecule has 4 heteroatoms. The summed E-state index contributed by atoms with van der Waals surface area (Å²) in [4.78, 5) is 0. The maximum absolute atomic E-state index is 13.7. The molecule has 1 atom stereocenters. The van der Waals surface area contributed by atoms with Crippen LogP contribution < -0.4 is 10.5 Å². The highest BCUT2D eigenvalue weighted by molar-refractivity contribution is 5.78. The number of rotatable bonds is 4. The minimum atomic E-state index is -0.438. The Morgan fingerprint density at radius 3 is 2.62 bits per heavy atom. The smallest absolute Gasteiger partial charge is 0.169 e. The van der Waals surface area contributed by atoms with Crippen molar-refractivity contribution in [3.8, 4) is 5.75 Å². The molecule has 2 N–H and O–H groups in total. The lowest BCUT2D eigenvalue weighted by Crippen LogP contribution is -2.10. The molecule has 1 heterocycles. The van der Waals surface area contributed by atoms with E-state index in [4.69, 9.17) is 14.9 Å². The molecule has 0 saturated heterocycles. The van der Waals surface area contributed by atoms with E-state index in [0.717, 1.165) is 11.3 Å². The van der Waals surface area contributed by atoms with Crippen LogP contribution in [0.15, 0.2) is 52.9 Å². The summed E-state index contributed by atoms with van der Waals surface area (Å²) < 4.78 is 24.6. The van der Waals surface area contributed by atoms with E-state index < -0.39 is 6.04 Å². The minimum Gasteiger partial charge on any atom is -0.494 e. The Labute approximate surface area is 122 Å². The van der Waals surface area contributed by atoms with Gasteiger partial charge in [0, 0.05) is 5.39 Å². The summed E-state index contributed by atoms with van der Waals surface area (Å²) in [6, 6.07) is 13.7. The molecule has 108 valence electrons. The van der Waals surface area contributed by atoms with Crippen LogP contribution in [0.1, 0.15) is 24.3 Å². The third-order valence-electron chi connectivity index (χ3n) is 3.37. The largest absolute Gasteiger partial charge is 0.494 e. The van der Waals surface area contributed by atoms with Crippen LogP contribution in [0.3, 0.4) is 0 Å². The average molecular weight is 285 g/mol. The van der Waals surface area contributed by atoms with E-state index in [-0.39, 0.29) is 11.4 Å². The van der Waals surface area contributed by atoms with Crippen molar-refractivity contribution >= 4 is 11.0 Å². The zero-order valence-corrected chi connectivity index (χ0v) is 11.7. The number of nitrogens with two attached hydrogens (primary N) is 1. The third-order valence-corrected chi connectivity index (χ3v) is 3.37. The topological polar surface area (TPSA) is 48.4 Å². The van der Waals surface area contributed by atoms with E-state index >= 15 is 0 Å². The van der Waals surface area contributed by atoms with Crippen LogP contribution in [0.5, 0.6) is 5.75 Å². The maximum Gasteiger partial charge on any atom is 0.169 e. The van der Waals surface area contributed by atoms with Gasteiger partial charge in [-0.1, -0.05) is 24.3 Å². The number of halogens is 1. The van der Waals surface area contributed by atoms with Crippen molar-refractivity contribution in [3.63, 3.8) is 0 Å². The van der Waals surface area contributed by atoms with Crippen molar-refractivity contribution in [2.24, 2.45) is 5.73 Å². The second-order valence-electron chi connectivity index (χ2n) is 4.79. The van der Waals surface area contributed by atoms with Gasteiger partial charge in [-0.3, -0.25) is 0 Å². The molecule has 0 bridgehead atoms. The number of ether oxygens (including phenoxy) is 1. The number of hydrogen-bond donors (Lipinski definition) is 1. The zero-order valence-electron chi connectivity index (χ0n) is 11.7. The molecule has 0 aliphatic rings. The monoisotopic (exact) mass is 285 g/mol. The lowest BCUT2D eigenvalue weighted by atomic mass is 10.1. The lowest BCUT2D eigenvalue weighted by Gasteiger charge is -2.10. The van der Waals surface area contributed by atoms with Crippen LogP contribution in [0.4, 0.5) is 4.39 Å². The van der Waals surface area contributed by atoms with Gasteiger partial charge >= 0.3 is 0 Å². The summed E-state index contributed by atoms with van der Waals surface area (Å²) in [5, 5.41) is 0.714. The zero-order chi connectivity index (χ0) is 14.8. The summed E-state index contributed by atoms with van der Waals surface area (Å²) in [6.45, 7) is 2.55. The predicted molar refractivity (Wildman–Crippen MR) is 79.8 cm³/mol. The molecule has 3 nitrogen and oxygen atoms in total. The van der Waals surface area contributed by atoms with Crippen LogP contribution in [-0.2, 0) is 0 Å². The first-order valence-corrected chi connectivity index (χ1v) is 6.85. The fourth-order valence-electron chi connectivity index (χ4n) is 2.30. The summed E-state index contributed by atoms with van der Waals surface area (Å²) in [7, 11) is 0. The Kier molecular flexibility index (Phi) is 3.62. The molecular weight excluding hydrogens is 269 g/mol. The van der Waals surface area contributed by atoms with Gasteiger partial charge in [-0.15, -0.1) is 0 Å². The molecule has 0 saturated carbocycles. The Morgan fingerprint density at radius 2 is 1.95 bits per heavy atom. The van der Waals surface area contributed by atoms with Crippen molar-refractivity contribution in [2.75, 3.05) is 6.61 Å². The van der Waals surface area contributed by atoms with Crippen LogP contribution in [-0.4, -0.2) is 6.61 Å². The molecule has 0 radical (unpaired) electrons. The maximum atomic E-state index is 13.7. The molecule has 0 spiro atoms. The van der Waals surface area contributed by atoms with Gasteiger partial charge in [-0.05, 0) is 36.8 Å². The molecule has 3 aromatic rings. The van der Waals surface area contributed by atoms with Gasteiger partial charge in [-0.25, -0.2) is 4.39 Å². The van der Waals surface area contributed by atoms with E-state index in [1.807, 2.05) is 31.2 Å². The van der Waals surface area contributed by atoms with Crippen LogP contribution >= 0.6 is 0 Å².